The molecule has 30 heavy (non-hydrogen) atoms. The first-order valence-corrected chi connectivity index (χ1v) is 9.93. The highest BCUT2D eigenvalue weighted by atomic mass is 19.1. The van der Waals surface area contributed by atoms with Crippen LogP contribution < -0.4 is 16.2 Å². The lowest BCUT2D eigenvalue weighted by Crippen LogP contribution is -2.44. The first kappa shape index (κ1) is 20.0. The quantitative estimate of drug-likeness (QED) is 0.701. The van der Waals surface area contributed by atoms with Crippen LogP contribution in [0.3, 0.4) is 0 Å². The monoisotopic (exact) mass is 410 g/mol. The number of carbonyl (C=O) groups is 1. The van der Waals surface area contributed by atoms with Gasteiger partial charge in [0.1, 0.15) is 17.8 Å². The van der Waals surface area contributed by atoms with Crippen LogP contribution in [-0.2, 0) is 18.4 Å². The van der Waals surface area contributed by atoms with E-state index in [4.69, 9.17) is 4.98 Å². The van der Waals surface area contributed by atoms with Crippen LogP contribution >= 0.6 is 0 Å². The van der Waals surface area contributed by atoms with Crippen molar-refractivity contribution >= 4 is 22.4 Å². The molecule has 1 aromatic carbocycles. The van der Waals surface area contributed by atoms with Crippen molar-refractivity contribution in [3.8, 4) is 0 Å². The van der Waals surface area contributed by atoms with Gasteiger partial charge in [0.15, 0.2) is 0 Å². The van der Waals surface area contributed by atoms with E-state index in [0.717, 1.165) is 31.3 Å². The molecular formula is C22H23FN4O3. The number of halogens is 1. The Bertz CT molecular complexity index is 1160. The van der Waals surface area contributed by atoms with Gasteiger partial charge in [-0.25, -0.2) is 14.2 Å². The van der Waals surface area contributed by atoms with E-state index in [0.29, 0.717) is 16.9 Å². The number of hydrogen-bond acceptors (Lipinski definition) is 5. The number of hydrogen-bond donors (Lipinski definition) is 3. The molecule has 2 heterocycles. The summed E-state index contributed by atoms with van der Waals surface area (Å²) in [4.78, 5) is 29.1. The van der Waals surface area contributed by atoms with Gasteiger partial charge in [0.05, 0.1) is 16.5 Å². The summed E-state index contributed by atoms with van der Waals surface area (Å²) in [5.74, 6) is -0.981. The van der Waals surface area contributed by atoms with Crippen molar-refractivity contribution in [2.75, 3.05) is 0 Å². The first-order chi connectivity index (χ1) is 14.5. The van der Waals surface area contributed by atoms with E-state index >= 15 is 0 Å². The number of allylic oxidation sites excluding steroid dienone is 4. The molecule has 0 saturated carbocycles. The number of aromatic nitrogens is 2. The van der Waals surface area contributed by atoms with Crippen LogP contribution in [0.25, 0.3) is 16.5 Å². The van der Waals surface area contributed by atoms with E-state index in [1.165, 1.54) is 22.8 Å². The Morgan fingerprint density at radius 1 is 1.40 bits per heavy atom. The van der Waals surface area contributed by atoms with Crippen LogP contribution in [0.15, 0.2) is 46.9 Å². The molecule has 4 rings (SSSR count). The number of aliphatic carboxylic acids is 1. The smallest absolute Gasteiger partial charge is 0.335 e. The summed E-state index contributed by atoms with van der Waals surface area (Å²) in [5.41, 5.74) is 1.81. The number of benzene rings is 1. The van der Waals surface area contributed by atoms with E-state index < -0.39 is 18.0 Å². The highest BCUT2D eigenvalue weighted by Gasteiger charge is 2.22. The summed E-state index contributed by atoms with van der Waals surface area (Å²) < 4.78 is 15.8. The highest BCUT2D eigenvalue weighted by Crippen LogP contribution is 2.26. The second-order valence-electron chi connectivity index (χ2n) is 7.50. The van der Waals surface area contributed by atoms with Gasteiger partial charge in [-0.1, -0.05) is 6.08 Å². The van der Waals surface area contributed by atoms with Gasteiger partial charge in [-0.2, -0.15) is 0 Å². The lowest BCUT2D eigenvalue weighted by molar-refractivity contribution is -0.133. The minimum absolute atomic E-state index is 0.142. The van der Waals surface area contributed by atoms with E-state index in [1.807, 2.05) is 0 Å². The Labute approximate surface area is 172 Å². The number of fused-ring (bicyclic) bond motifs is 1. The summed E-state index contributed by atoms with van der Waals surface area (Å²) in [6.07, 6.45) is 10.2. The number of carboxylic acid groups (broad SMARTS) is 1. The van der Waals surface area contributed by atoms with Gasteiger partial charge in [-0.15, -0.1) is 0 Å². The van der Waals surface area contributed by atoms with E-state index in [2.05, 4.69) is 16.7 Å². The van der Waals surface area contributed by atoms with Crippen LogP contribution in [0.5, 0.6) is 0 Å². The number of nitrogens with one attached hydrogen (secondary N) is 2. The van der Waals surface area contributed by atoms with Crippen molar-refractivity contribution in [2.24, 2.45) is 7.05 Å². The van der Waals surface area contributed by atoms with Gasteiger partial charge in [-0.05, 0) is 67.3 Å². The summed E-state index contributed by atoms with van der Waals surface area (Å²) in [7, 11) is 1.66. The lowest BCUT2D eigenvalue weighted by Gasteiger charge is -2.22. The Morgan fingerprint density at radius 2 is 2.23 bits per heavy atom. The molecule has 1 aliphatic carbocycles. The average Bonchev–Trinajstić information content (AvgIpc) is 2.75. The van der Waals surface area contributed by atoms with Crippen LogP contribution in [-0.4, -0.2) is 26.8 Å². The van der Waals surface area contributed by atoms with Crippen LogP contribution in [0, 0.1) is 5.82 Å². The molecule has 8 heteroatoms. The van der Waals surface area contributed by atoms with Gasteiger partial charge in [0, 0.05) is 13.6 Å². The van der Waals surface area contributed by atoms with Crippen LogP contribution in [0.4, 0.5) is 4.39 Å². The van der Waals surface area contributed by atoms with Gasteiger partial charge in [-0.3, -0.25) is 14.7 Å². The number of nitrogens with zero attached hydrogens (tertiary/aromatic N) is 2. The molecule has 0 spiro atoms. The molecular weight excluding hydrogens is 387 g/mol. The summed E-state index contributed by atoms with van der Waals surface area (Å²) in [5, 5.41) is 15.6. The zero-order chi connectivity index (χ0) is 21.3. The third-order valence-electron chi connectivity index (χ3n) is 5.49. The van der Waals surface area contributed by atoms with Gasteiger partial charge >= 0.3 is 5.97 Å². The highest BCUT2D eigenvalue weighted by molar-refractivity contribution is 5.88. The van der Waals surface area contributed by atoms with Crippen molar-refractivity contribution in [3.05, 3.63) is 69.7 Å². The van der Waals surface area contributed by atoms with E-state index in [1.54, 1.807) is 19.3 Å². The number of rotatable bonds is 5. The molecule has 1 atom stereocenters. The Kier molecular flexibility index (Phi) is 5.50. The molecule has 2 aromatic rings. The van der Waals surface area contributed by atoms with Crippen molar-refractivity contribution in [1.29, 1.82) is 0 Å². The Morgan fingerprint density at radius 3 is 2.97 bits per heavy atom. The molecule has 1 aromatic heterocycles. The van der Waals surface area contributed by atoms with Crippen LogP contribution in [0.1, 0.15) is 37.1 Å². The molecule has 0 bridgehead atoms. The maximum Gasteiger partial charge on any atom is 0.335 e. The molecule has 0 fully saturated rings. The van der Waals surface area contributed by atoms with Gasteiger partial charge in [0.25, 0.3) is 5.56 Å². The zero-order valence-corrected chi connectivity index (χ0v) is 16.6. The van der Waals surface area contributed by atoms with Crippen molar-refractivity contribution < 1.29 is 14.3 Å². The summed E-state index contributed by atoms with van der Waals surface area (Å²) >= 11 is 0. The molecule has 1 unspecified atom stereocenters. The first-order valence-electron chi connectivity index (χ1n) is 9.93. The second-order valence-corrected chi connectivity index (χ2v) is 7.50. The van der Waals surface area contributed by atoms with E-state index in [9.17, 15) is 19.1 Å². The second kappa shape index (κ2) is 8.23. The van der Waals surface area contributed by atoms with Crippen molar-refractivity contribution in [3.63, 3.8) is 0 Å². The van der Waals surface area contributed by atoms with Crippen LogP contribution in [0.2, 0.25) is 0 Å². The molecule has 156 valence electrons. The van der Waals surface area contributed by atoms with Crippen molar-refractivity contribution in [1.82, 2.24) is 20.2 Å². The Balaban J connectivity index is 1.74. The molecule has 2 aliphatic rings. The molecule has 0 saturated heterocycles. The third-order valence-corrected chi connectivity index (χ3v) is 5.49. The zero-order valence-electron chi connectivity index (χ0n) is 16.6. The van der Waals surface area contributed by atoms with E-state index in [-0.39, 0.29) is 23.1 Å². The SMILES string of the molecule is Cn1c(C2=CCCCC2)nc2c(CNC3NC=CC=C3C(=O)O)cc(F)cc2c1=O. The fourth-order valence-electron chi connectivity index (χ4n) is 3.94. The Hall–Kier alpha value is -3.26. The molecule has 0 amide bonds. The topological polar surface area (TPSA) is 96.2 Å². The van der Waals surface area contributed by atoms with Gasteiger partial charge in [0.2, 0.25) is 0 Å². The summed E-state index contributed by atoms with van der Waals surface area (Å²) in [6.45, 7) is 0.142. The minimum Gasteiger partial charge on any atom is -0.478 e. The molecule has 1 aliphatic heterocycles. The van der Waals surface area contributed by atoms with Gasteiger partial charge < -0.3 is 10.4 Å². The number of dihydropyridines is 1. The van der Waals surface area contributed by atoms with Crippen molar-refractivity contribution in [2.45, 2.75) is 38.4 Å². The average molecular weight is 410 g/mol. The third kappa shape index (κ3) is 3.78. The fraction of sp³-hybridized carbons (Fsp3) is 0.318. The molecule has 7 nitrogen and oxygen atoms in total. The minimum atomic E-state index is -1.05. The standard InChI is InChI=1S/C22H23FN4O3/c1-27-20(13-6-3-2-4-7-13)26-18-14(10-15(23)11-17(18)21(27)28)12-25-19-16(22(29)30)8-5-9-24-19/h5-6,8-11,19,24-25H,2-4,7,12H2,1H3,(H,29,30). The normalized spacial score (nSPS) is 18.7. The maximum atomic E-state index is 14.3. The maximum absolute atomic E-state index is 14.3. The molecule has 0 radical (unpaired) electrons. The predicted molar refractivity (Wildman–Crippen MR) is 112 cm³/mol. The lowest BCUT2D eigenvalue weighted by atomic mass is 9.98. The fourth-order valence-corrected chi connectivity index (χ4v) is 3.94. The molecule has 3 N–H and O–H groups in total. The number of carboxylic acids is 1. The predicted octanol–water partition coefficient (Wildman–Crippen LogP) is 2.57. The largest absolute Gasteiger partial charge is 0.478 e. The summed E-state index contributed by atoms with van der Waals surface area (Å²) in [6, 6.07) is 2.54.